The average molecular weight is 460 g/mol. The van der Waals surface area contributed by atoms with Gasteiger partial charge in [0.1, 0.15) is 5.82 Å². The largest absolute Gasteiger partial charge is 0.374 e. The first kappa shape index (κ1) is 20.2. The van der Waals surface area contributed by atoms with Crippen molar-refractivity contribution in [2.45, 2.75) is 6.10 Å². The molecule has 0 saturated carbocycles. The van der Waals surface area contributed by atoms with E-state index in [4.69, 9.17) is 4.74 Å². The van der Waals surface area contributed by atoms with E-state index in [1.165, 1.54) is 0 Å². The van der Waals surface area contributed by atoms with Gasteiger partial charge in [0.15, 0.2) is 5.96 Å². The predicted molar refractivity (Wildman–Crippen MR) is 112 cm³/mol. The van der Waals surface area contributed by atoms with E-state index in [-0.39, 0.29) is 30.1 Å². The molecule has 0 spiro atoms. The van der Waals surface area contributed by atoms with Gasteiger partial charge in [0.2, 0.25) is 0 Å². The van der Waals surface area contributed by atoms with Crippen LogP contribution in [0.2, 0.25) is 0 Å². The fraction of sp³-hybridized carbons (Fsp3) is 0.647. The summed E-state index contributed by atoms with van der Waals surface area (Å²) in [4.78, 5) is 15.8. The van der Waals surface area contributed by atoms with Crippen LogP contribution in [0.15, 0.2) is 29.4 Å². The van der Waals surface area contributed by atoms with Crippen LogP contribution >= 0.6 is 24.0 Å². The maximum Gasteiger partial charge on any atom is 0.193 e. The highest BCUT2D eigenvalue weighted by molar-refractivity contribution is 14.0. The molecule has 0 amide bonds. The van der Waals surface area contributed by atoms with Gasteiger partial charge >= 0.3 is 0 Å². The molecule has 0 radical (unpaired) electrons. The molecule has 0 bridgehead atoms. The Morgan fingerprint density at radius 3 is 2.72 bits per heavy atom. The van der Waals surface area contributed by atoms with Crippen molar-refractivity contribution in [3.8, 4) is 0 Å². The van der Waals surface area contributed by atoms with Crippen molar-refractivity contribution in [2.24, 2.45) is 4.99 Å². The third-order valence-corrected chi connectivity index (χ3v) is 4.59. The zero-order valence-corrected chi connectivity index (χ0v) is 17.4. The summed E-state index contributed by atoms with van der Waals surface area (Å²) in [5, 5.41) is 3.47. The summed E-state index contributed by atoms with van der Waals surface area (Å²) in [6, 6.07) is 6.06. The minimum absolute atomic E-state index is 0. The summed E-state index contributed by atoms with van der Waals surface area (Å²) in [6.07, 6.45) is 2.08. The summed E-state index contributed by atoms with van der Waals surface area (Å²) in [6.45, 7) is 7.41. The molecular formula is C17H29IN6O. The van der Waals surface area contributed by atoms with Crippen molar-refractivity contribution in [2.75, 3.05) is 71.4 Å². The number of pyridine rings is 1. The second kappa shape index (κ2) is 10.1. The Hall–Kier alpha value is -1.13. The van der Waals surface area contributed by atoms with Crippen LogP contribution in [0.4, 0.5) is 5.82 Å². The van der Waals surface area contributed by atoms with E-state index in [1.807, 2.05) is 25.4 Å². The summed E-state index contributed by atoms with van der Waals surface area (Å²) in [5.74, 6) is 2.02. The number of hydrogen-bond acceptors (Lipinski definition) is 5. The van der Waals surface area contributed by atoms with Crippen LogP contribution in [0.5, 0.6) is 0 Å². The summed E-state index contributed by atoms with van der Waals surface area (Å²) < 4.78 is 5.81. The highest BCUT2D eigenvalue weighted by atomic mass is 127. The number of likely N-dealkylation sites (N-methyl/N-ethyl adjacent to an activating group) is 1. The van der Waals surface area contributed by atoms with Crippen LogP contribution in [0.1, 0.15) is 0 Å². The smallest absolute Gasteiger partial charge is 0.193 e. The molecule has 1 aromatic rings. The minimum atomic E-state index is 0. The van der Waals surface area contributed by atoms with E-state index in [0.717, 1.165) is 64.2 Å². The normalized spacial score (nSPS) is 22.5. The maximum absolute atomic E-state index is 5.81. The number of ether oxygens (including phenoxy) is 1. The Morgan fingerprint density at radius 2 is 2.08 bits per heavy atom. The number of guanidine groups is 1. The van der Waals surface area contributed by atoms with Gasteiger partial charge in [0.25, 0.3) is 0 Å². The van der Waals surface area contributed by atoms with Gasteiger partial charge in [-0.15, -0.1) is 24.0 Å². The van der Waals surface area contributed by atoms with Gasteiger partial charge in [-0.05, 0) is 19.2 Å². The molecule has 0 aliphatic carbocycles. The zero-order valence-electron chi connectivity index (χ0n) is 15.1. The van der Waals surface area contributed by atoms with Gasteiger partial charge in [0, 0.05) is 59.1 Å². The first-order valence-electron chi connectivity index (χ1n) is 8.68. The molecule has 2 saturated heterocycles. The van der Waals surface area contributed by atoms with Crippen molar-refractivity contribution in [3.63, 3.8) is 0 Å². The zero-order chi connectivity index (χ0) is 16.8. The predicted octanol–water partition coefficient (Wildman–Crippen LogP) is 0.728. The molecule has 25 heavy (non-hydrogen) atoms. The van der Waals surface area contributed by atoms with Crippen molar-refractivity contribution < 1.29 is 4.74 Å². The van der Waals surface area contributed by atoms with Gasteiger partial charge in [0.05, 0.1) is 12.7 Å². The number of rotatable bonds is 3. The second-order valence-corrected chi connectivity index (χ2v) is 6.35. The molecule has 1 unspecified atom stereocenters. The Kier molecular flexibility index (Phi) is 8.17. The van der Waals surface area contributed by atoms with E-state index in [2.05, 4.69) is 43.1 Å². The van der Waals surface area contributed by atoms with E-state index in [9.17, 15) is 0 Å². The Morgan fingerprint density at radius 1 is 1.28 bits per heavy atom. The first-order valence-corrected chi connectivity index (χ1v) is 8.68. The fourth-order valence-electron chi connectivity index (χ4n) is 3.22. The summed E-state index contributed by atoms with van der Waals surface area (Å²) >= 11 is 0. The minimum Gasteiger partial charge on any atom is -0.374 e. The topological polar surface area (TPSA) is 56.2 Å². The number of nitrogens with zero attached hydrogens (tertiary/aromatic N) is 5. The van der Waals surface area contributed by atoms with Gasteiger partial charge in [-0.1, -0.05) is 6.07 Å². The number of halogens is 1. The molecule has 7 nitrogen and oxygen atoms in total. The van der Waals surface area contributed by atoms with Crippen molar-refractivity contribution >= 4 is 35.8 Å². The lowest BCUT2D eigenvalue weighted by Gasteiger charge is -2.37. The fourth-order valence-corrected chi connectivity index (χ4v) is 3.22. The van der Waals surface area contributed by atoms with Gasteiger partial charge < -0.3 is 24.8 Å². The third-order valence-electron chi connectivity index (χ3n) is 4.59. The Labute approximate surface area is 167 Å². The number of hydrogen-bond donors (Lipinski definition) is 1. The van der Waals surface area contributed by atoms with Crippen molar-refractivity contribution in [1.82, 2.24) is 20.1 Å². The molecule has 1 N–H and O–H groups in total. The maximum atomic E-state index is 5.81. The van der Waals surface area contributed by atoms with Crippen LogP contribution in [0.3, 0.4) is 0 Å². The van der Waals surface area contributed by atoms with E-state index in [1.54, 1.807) is 0 Å². The number of aliphatic imine (C=N–C) groups is 1. The molecule has 2 aliphatic rings. The highest BCUT2D eigenvalue weighted by Crippen LogP contribution is 2.12. The molecule has 3 rings (SSSR count). The number of nitrogens with one attached hydrogen (secondary N) is 1. The SMILES string of the molecule is CN=C(NCC1CN(C)CCO1)N1CCN(c2ccccn2)CC1.I. The van der Waals surface area contributed by atoms with E-state index >= 15 is 0 Å². The Balaban J connectivity index is 0.00000225. The van der Waals surface area contributed by atoms with E-state index in [0.29, 0.717) is 0 Å². The molecule has 3 heterocycles. The first-order chi connectivity index (χ1) is 11.8. The van der Waals surface area contributed by atoms with Crippen molar-refractivity contribution in [1.29, 1.82) is 0 Å². The van der Waals surface area contributed by atoms with Crippen LogP contribution in [-0.4, -0.2) is 93.4 Å². The molecule has 8 heteroatoms. The van der Waals surface area contributed by atoms with Gasteiger partial charge in [-0.25, -0.2) is 4.98 Å². The van der Waals surface area contributed by atoms with Gasteiger partial charge in [-0.3, -0.25) is 4.99 Å². The van der Waals surface area contributed by atoms with Crippen LogP contribution in [0, 0.1) is 0 Å². The number of piperazine rings is 1. The second-order valence-electron chi connectivity index (χ2n) is 6.35. The van der Waals surface area contributed by atoms with Crippen molar-refractivity contribution in [3.05, 3.63) is 24.4 Å². The number of morpholine rings is 1. The third kappa shape index (κ3) is 5.68. The molecule has 2 fully saturated rings. The lowest BCUT2D eigenvalue weighted by molar-refractivity contribution is -0.0163. The molecule has 1 atom stereocenters. The van der Waals surface area contributed by atoms with Crippen LogP contribution < -0.4 is 10.2 Å². The van der Waals surface area contributed by atoms with Gasteiger partial charge in [-0.2, -0.15) is 0 Å². The van der Waals surface area contributed by atoms with Crippen LogP contribution in [0.25, 0.3) is 0 Å². The average Bonchev–Trinajstić information content (AvgIpc) is 2.64. The lowest BCUT2D eigenvalue weighted by atomic mass is 10.3. The molecule has 140 valence electrons. The lowest BCUT2D eigenvalue weighted by Crippen LogP contribution is -2.54. The molecular weight excluding hydrogens is 431 g/mol. The van der Waals surface area contributed by atoms with Crippen LogP contribution in [-0.2, 0) is 4.74 Å². The number of aromatic nitrogens is 1. The summed E-state index contributed by atoms with van der Waals surface area (Å²) in [7, 11) is 3.99. The monoisotopic (exact) mass is 460 g/mol. The van der Waals surface area contributed by atoms with E-state index < -0.39 is 0 Å². The number of anilines is 1. The molecule has 2 aliphatic heterocycles. The standard InChI is InChI=1S/C17H28N6O.HI/c1-18-17(20-13-15-14-21(2)11-12-24-15)23-9-7-22(8-10-23)16-5-3-4-6-19-16;/h3-6,15H,7-14H2,1-2H3,(H,18,20);1H. The molecule has 0 aromatic carbocycles. The summed E-state index contributed by atoms with van der Waals surface area (Å²) in [5.41, 5.74) is 0. The Bertz CT molecular complexity index is 535. The molecule has 1 aromatic heterocycles. The quantitative estimate of drug-likeness (QED) is 0.408. The highest BCUT2D eigenvalue weighted by Gasteiger charge is 2.22.